The predicted molar refractivity (Wildman–Crippen MR) is 202 cm³/mol. The van der Waals surface area contributed by atoms with Gasteiger partial charge < -0.3 is 25.0 Å². The number of pyridine rings is 1. The summed E-state index contributed by atoms with van der Waals surface area (Å²) < 4.78 is 73.0. The van der Waals surface area contributed by atoms with Crippen LogP contribution in [0.4, 0.5) is 13.6 Å². The fraction of sp³-hybridized carbons (Fsp3) is 0.625. The standard InChI is InChI=1S/C40H51F2N5O8S/c1-24-31-30(26-14-11-12-15-27(26)43-24)40(41,42)22-38(54-31)21-29-32(48)45-39(34(50)46-56(52,53)37(5)19-20-37)18-17-25(39)13-9-7-6-8-10-16-28(33(49)47(29)23-38)44-35(51)55-36(2,3)4/h9,11-15,25,28-29H,6-8,10,16-23H2,1-5H3,(H,44,51)(H,45,48)(H,46,50). The third-order valence-corrected chi connectivity index (χ3v) is 14.2. The number of hydrogen-bond acceptors (Lipinski definition) is 9. The fourth-order valence-corrected chi connectivity index (χ4v) is 9.87. The molecule has 304 valence electrons. The molecular weight excluding hydrogens is 749 g/mol. The zero-order valence-electron chi connectivity index (χ0n) is 32.5. The van der Waals surface area contributed by atoms with Crippen molar-refractivity contribution in [2.75, 3.05) is 6.54 Å². The summed E-state index contributed by atoms with van der Waals surface area (Å²) in [5, 5.41) is 5.74. The minimum absolute atomic E-state index is 0.111. The minimum atomic E-state index is -4.09. The number of alkyl carbamates (subject to hydrolysis) is 1. The Morgan fingerprint density at radius 2 is 1.80 bits per heavy atom. The lowest BCUT2D eigenvalue weighted by atomic mass is 9.65. The van der Waals surface area contributed by atoms with Gasteiger partial charge in [0.25, 0.3) is 11.8 Å². The average Bonchev–Trinajstić information content (AvgIpc) is 3.76. The Morgan fingerprint density at radius 3 is 2.48 bits per heavy atom. The van der Waals surface area contributed by atoms with E-state index < -0.39 is 92.2 Å². The molecule has 1 aromatic carbocycles. The number of hydrogen-bond donors (Lipinski definition) is 3. The van der Waals surface area contributed by atoms with Crippen LogP contribution in [0.25, 0.3) is 10.9 Å². The minimum Gasteiger partial charge on any atom is -0.483 e. The molecule has 1 saturated heterocycles. The Labute approximate surface area is 325 Å². The molecule has 5 atom stereocenters. The van der Waals surface area contributed by atoms with Crippen molar-refractivity contribution in [2.24, 2.45) is 5.92 Å². The molecule has 3 aliphatic heterocycles. The van der Waals surface area contributed by atoms with Crippen LogP contribution in [0, 0.1) is 12.8 Å². The Bertz CT molecular complexity index is 2100. The average molecular weight is 800 g/mol. The van der Waals surface area contributed by atoms with Gasteiger partial charge in [0.1, 0.15) is 28.8 Å². The van der Waals surface area contributed by atoms with Crippen molar-refractivity contribution in [3.8, 4) is 5.75 Å². The number of nitrogens with one attached hydrogen (secondary N) is 3. The van der Waals surface area contributed by atoms with Gasteiger partial charge in [0, 0.05) is 17.7 Å². The molecule has 2 aromatic rings. The Morgan fingerprint density at radius 1 is 1.07 bits per heavy atom. The van der Waals surface area contributed by atoms with Gasteiger partial charge in [0.2, 0.25) is 21.8 Å². The molecule has 7 rings (SSSR count). The molecule has 0 radical (unpaired) electrons. The number of fused-ring (bicyclic) bond motifs is 5. The van der Waals surface area contributed by atoms with Gasteiger partial charge in [-0.05, 0) is 85.6 Å². The quantitative estimate of drug-likeness (QED) is 0.341. The molecule has 56 heavy (non-hydrogen) atoms. The van der Waals surface area contributed by atoms with E-state index in [9.17, 15) is 27.6 Å². The maximum Gasteiger partial charge on any atom is 0.408 e. The number of amides is 4. The summed E-state index contributed by atoms with van der Waals surface area (Å²) in [6.07, 6.45) is 5.71. The Kier molecular flexibility index (Phi) is 9.93. The number of aryl methyl sites for hydroxylation is 1. The number of nitrogens with zero attached hydrogens (tertiary/aromatic N) is 2. The molecule has 1 spiro atoms. The van der Waals surface area contributed by atoms with Crippen LogP contribution in [-0.4, -0.2) is 82.2 Å². The maximum atomic E-state index is 16.7. The summed E-state index contributed by atoms with van der Waals surface area (Å²) in [5.41, 5.74) is -4.08. The molecule has 4 heterocycles. The number of carbonyl (C=O) groups excluding carboxylic acids is 4. The highest BCUT2D eigenvalue weighted by atomic mass is 32.2. The number of benzene rings is 1. The van der Waals surface area contributed by atoms with Crippen molar-refractivity contribution in [2.45, 2.75) is 145 Å². The normalized spacial score (nSPS) is 30.0. The van der Waals surface area contributed by atoms with Gasteiger partial charge in [-0.2, -0.15) is 0 Å². The number of ether oxygens (including phenoxy) is 2. The summed E-state index contributed by atoms with van der Waals surface area (Å²) in [5.74, 6) is -6.57. The summed E-state index contributed by atoms with van der Waals surface area (Å²) in [6, 6.07) is 3.91. The number of para-hydroxylation sites is 1. The lowest BCUT2D eigenvalue weighted by Gasteiger charge is -2.48. The molecule has 2 saturated carbocycles. The van der Waals surface area contributed by atoms with Gasteiger partial charge in [-0.1, -0.05) is 43.2 Å². The van der Waals surface area contributed by atoms with Crippen LogP contribution in [0.1, 0.15) is 110 Å². The molecular formula is C40H51F2N5O8S. The molecule has 5 aliphatic rings. The smallest absolute Gasteiger partial charge is 0.408 e. The number of rotatable bonds is 4. The Hall–Kier alpha value is -4.34. The van der Waals surface area contributed by atoms with E-state index in [0.29, 0.717) is 50.5 Å². The highest BCUT2D eigenvalue weighted by Crippen LogP contribution is 2.54. The Balaban J connectivity index is 1.28. The number of carbonyl (C=O) groups is 4. The highest BCUT2D eigenvalue weighted by Gasteiger charge is 2.62. The van der Waals surface area contributed by atoms with Crippen LogP contribution in [0.3, 0.4) is 0 Å². The number of halogens is 2. The zero-order chi connectivity index (χ0) is 40.5. The molecule has 0 bridgehead atoms. The molecule has 1 aromatic heterocycles. The van der Waals surface area contributed by atoms with Gasteiger partial charge in [-0.3, -0.25) is 19.1 Å². The van der Waals surface area contributed by atoms with Gasteiger partial charge in [0.15, 0.2) is 5.75 Å². The van der Waals surface area contributed by atoms with E-state index in [4.69, 9.17) is 9.47 Å². The van der Waals surface area contributed by atoms with E-state index >= 15 is 8.78 Å². The van der Waals surface area contributed by atoms with Gasteiger partial charge in [0.05, 0.1) is 34.5 Å². The SMILES string of the molecule is Cc1nc2ccccc2c2c1OC1(CC3C(=O)NC4(C(=O)NS(=O)(=O)C5(C)CC5)CCC4C=CCCCCCC(NC(=O)OC(C)(C)C)C(=O)N3C1)CC2(F)F. The third-order valence-electron chi connectivity index (χ3n) is 12.0. The van der Waals surface area contributed by atoms with Crippen LogP contribution in [-0.2, 0) is 35.1 Å². The van der Waals surface area contributed by atoms with Crippen LogP contribution in [0.2, 0.25) is 0 Å². The summed E-state index contributed by atoms with van der Waals surface area (Å²) in [6.45, 7) is 7.71. The molecule has 2 aliphatic carbocycles. The number of aromatic nitrogens is 1. The molecule has 16 heteroatoms. The van der Waals surface area contributed by atoms with Crippen LogP contribution in [0.15, 0.2) is 36.4 Å². The highest BCUT2D eigenvalue weighted by molar-refractivity contribution is 7.91. The monoisotopic (exact) mass is 799 g/mol. The first kappa shape index (κ1) is 39.9. The third kappa shape index (κ3) is 7.33. The second-order valence-electron chi connectivity index (χ2n) is 17.5. The van der Waals surface area contributed by atoms with Crippen molar-refractivity contribution in [1.82, 2.24) is 25.2 Å². The first-order valence-electron chi connectivity index (χ1n) is 19.5. The van der Waals surface area contributed by atoms with Crippen LogP contribution in [0.5, 0.6) is 5.75 Å². The first-order chi connectivity index (χ1) is 26.2. The van der Waals surface area contributed by atoms with E-state index in [1.54, 1.807) is 58.9 Å². The summed E-state index contributed by atoms with van der Waals surface area (Å²) in [7, 11) is -4.09. The van der Waals surface area contributed by atoms with Crippen molar-refractivity contribution >= 4 is 44.7 Å². The lowest BCUT2D eigenvalue weighted by Crippen LogP contribution is -2.70. The summed E-state index contributed by atoms with van der Waals surface area (Å²) >= 11 is 0. The van der Waals surface area contributed by atoms with E-state index in [2.05, 4.69) is 20.3 Å². The van der Waals surface area contributed by atoms with Crippen molar-refractivity contribution in [1.29, 1.82) is 0 Å². The molecule has 5 unspecified atom stereocenters. The first-order valence-corrected chi connectivity index (χ1v) is 21.0. The topological polar surface area (TPSA) is 173 Å². The molecule has 3 fully saturated rings. The van der Waals surface area contributed by atoms with E-state index in [0.717, 1.165) is 0 Å². The molecule has 13 nitrogen and oxygen atoms in total. The second-order valence-corrected chi connectivity index (χ2v) is 19.7. The predicted octanol–water partition coefficient (Wildman–Crippen LogP) is 5.43. The number of sulfonamides is 1. The second kappa shape index (κ2) is 13.9. The fourth-order valence-electron chi connectivity index (χ4n) is 8.56. The van der Waals surface area contributed by atoms with Crippen LogP contribution < -0.4 is 20.1 Å². The lowest BCUT2D eigenvalue weighted by molar-refractivity contribution is -0.145. The van der Waals surface area contributed by atoms with Gasteiger partial charge in [-0.25, -0.2) is 27.0 Å². The maximum absolute atomic E-state index is 16.7. The van der Waals surface area contributed by atoms with E-state index in [1.807, 2.05) is 12.2 Å². The van der Waals surface area contributed by atoms with Crippen LogP contribution >= 0.6 is 0 Å². The molecule has 4 amide bonds. The number of alkyl halides is 2. The largest absolute Gasteiger partial charge is 0.483 e. The van der Waals surface area contributed by atoms with Crippen molar-refractivity contribution in [3.05, 3.63) is 47.7 Å². The van der Waals surface area contributed by atoms with E-state index in [-0.39, 0.29) is 41.7 Å². The van der Waals surface area contributed by atoms with Gasteiger partial charge >= 0.3 is 6.09 Å². The van der Waals surface area contributed by atoms with E-state index in [1.165, 1.54) is 4.90 Å². The van der Waals surface area contributed by atoms with Crippen molar-refractivity contribution < 1.29 is 45.9 Å². The van der Waals surface area contributed by atoms with Gasteiger partial charge in [-0.15, -0.1) is 0 Å². The zero-order valence-corrected chi connectivity index (χ0v) is 33.3. The number of allylic oxidation sites excluding steroid dienone is 1. The molecule has 3 N–H and O–H groups in total. The van der Waals surface area contributed by atoms with Crippen molar-refractivity contribution in [3.63, 3.8) is 0 Å². The summed E-state index contributed by atoms with van der Waals surface area (Å²) in [4.78, 5) is 62.3.